The molecule has 0 aliphatic carbocycles. The van der Waals surface area contributed by atoms with Crippen molar-refractivity contribution in [3.63, 3.8) is 0 Å². The van der Waals surface area contributed by atoms with Gasteiger partial charge in [-0.15, -0.1) is 0 Å². The maximum absolute atomic E-state index is 13.0. The number of sulfone groups is 1. The highest BCUT2D eigenvalue weighted by Crippen LogP contribution is 2.35. The second-order valence-corrected chi connectivity index (χ2v) is 8.92. The minimum absolute atomic E-state index is 0.0904. The van der Waals surface area contributed by atoms with Gasteiger partial charge in [-0.3, -0.25) is 4.79 Å². The minimum atomic E-state index is -5.28. The normalized spacial score (nSPS) is 12.8. The van der Waals surface area contributed by atoms with Crippen molar-refractivity contribution in [3.8, 4) is 11.5 Å². The number of nitrogens with one attached hydrogen (secondary N) is 1. The summed E-state index contributed by atoms with van der Waals surface area (Å²) in [6.07, 6.45) is -9.16. The van der Waals surface area contributed by atoms with Crippen molar-refractivity contribution in [2.45, 2.75) is 24.2 Å². The van der Waals surface area contributed by atoms with E-state index in [0.29, 0.717) is 12.1 Å². The number of carbonyl (C=O) groups is 1. The first kappa shape index (κ1) is 24.2. The maximum Gasteiger partial charge on any atom is 0.471 e. The molecule has 0 aromatic carbocycles. The van der Waals surface area contributed by atoms with Crippen molar-refractivity contribution in [1.29, 1.82) is 0 Å². The molecule has 1 amide bonds. The fourth-order valence-corrected chi connectivity index (χ4v) is 3.85. The van der Waals surface area contributed by atoms with E-state index < -0.39 is 61.6 Å². The SMILES string of the molecule is CCS(=O)(=O)c1cc(NC(=O)C(F)(F)F)c(N)nc1-c1nc2cc(C(F)(F)F)ncc2n1C. The number of aromatic nitrogens is 4. The fourth-order valence-electron chi connectivity index (χ4n) is 2.81. The molecule has 0 saturated heterocycles. The molecule has 3 N–H and O–H groups in total. The Morgan fingerprint density at radius 1 is 1.15 bits per heavy atom. The van der Waals surface area contributed by atoms with E-state index in [1.54, 1.807) is 0 Å². The van der Waals surface area contributed by atoms with E-state index in [1.165, 1.54) is 23.9 Å². The Labute approximate surface area is 181 Å². The fraction of sp³-hybridized carbons (Fsp3) is 0.294. The summed E-state index contributed by atoms with van der Waals surface area (Å²) in [6.45, 7) is 1.25. The Morgan fingerprint density at radius 3 is 2.33 bits per heavy atom. The molecule has 0 aliphatic heterocycles. The van der Waals surface area contributed by atoms with Crippen LogP contribution in [0.2, 0.25) is 0 Å². The molecule has 0 atom stereocenters. The van der Waals surface area contributed by atoms with E-state index in [4.69, 9.17) is 5.73 Å². The van der Waals surface area contributed by atoms with Gasteiger partial charge in [-0.25, -0.2) is 23.4 Å². The lowest BCUT2D eigenvalue weighted by Gasteiger charge is -2.14. The van der Waals surface area contributed by atoms with Crippen LogP contribution in [-0.4, -0.2) is 45.8 Å². The van der Waals surface area contributed by atoms with Crippen LogP contribution in [0.4, 0.5) is 37.8 Å². The van der Waals surface area contributed by atoms with Gasteiger partial charge in [0.15, 0.2) is 15.7 Å². The molecule has 0 spiro atoms. The average Bonchev–Trinajstić information content (AvgIpc) is 3.03. The number of nitrogen functional groups attached to an aromatic ring is 1. The number of rotatable bonds is 4. The first-order valence-corrected chi connectivity index (χ1v) is 10.5. The van der Waals surface area contributed by atoms with E-state index in [-0.39, 0.29) is 16.9 Å². The summed E-state index contributed by atoms with van der Waals surface area (Å²) >= 11 is 0. The third-order valence-electron chi connectivity index (χ3n) is 4.51. The van der Waals surface area contributed by atoms with Crippen LogP contribution in [0, 0.1) is 0 Å². The number of carbonyl (C=O) groups excluding carboxylic acids is 1. The molecule has 0 aliphatic rings. The second kappa shape index (κ2) is 7.86. The van der Waals surface area contributed by atoms with Crippen molar-refractivity contribution in [2.75, 3.05) is 16.8 Å². The topological polar surface area (TPSA) is 133 Å². The molecular formula is C17H14F6N6O3S. The molecule has 3 aromatic rings. The zero-order chi connectivity index (χ0) is 24.9. The summed E-state index contributed by atoms with van der Waals surface area (Å²) in [6, 6.07) is 1.34. The third kappa shape index (κ3) is 4.55. The van der Waals surface area contributed by atoms with Gasteiger partial charge in [-0.2, -0.15) is 26.3 Å². The van der Waals surface area contributed by atoms with E-state index in [1.807, 2.05) is 0 Å². The molecule has 3 aromatic heterocycles. The molecule has 0 saturated carbocycles. The number of amides is 1. The molecule has 0 fully saturated rings. The van der Waals surface area contributed by atoms with Crippen LogP contribution >= 0.6 is 0 Å². The number of alkyl halides is 6. The summed E-state index contributed by atoms with van der Waals surface area (Å²) in [5.41, 5.74) is 3.17. The van der Waals surface area contributed by atoms with E-state index in [9.17, 15) is 39.6 Å². The molecule has 0 bridgehead atoms. The summed E-state index contributed by atoms with van der Waals surface area (Å²) in [5.74, 6) is -3.82. The first-order valence-electron chi connectivity index (χ1n) is 8.87. The lowest BCUT2D eigenvalue weighted by molar-refractivity contribution is -0.167. The lowest BCUT2D eigenvalue weighted by atomic mass is 10.3. The number of hydrogen-bond donors (Lipinski definition) is 2. The van der Waals surface area contributed by atoms with Gasteiger partial charge in [0.1, 0.15) is 17.2 Å². The Bertz CT molecular complexity index is 1360. The first-order chi connectivity index (χ1) is 15.1. The van der Waals surface area contributed by atoms with Crippen molar-refractivity contribution in [2.24, 2.45) is 7.05 Å². The van der Waals surface area contributed by atoms with E-state index >= 15 is 0 Å². The Kier molecular flexibility index (Phi) is 5.77. The number of pyridine rings is 2. The molecule has 3 rings (SSSR count). The molecule has 9 nitrogen and oxygen atoms in total. The number of halogens is 6. The van der Waals surface area contributed by atoms with E-state index in [0.717, 1.165) is 6.20 Å². The van der Waals surface area contributed by atoms with Crippen LogP contribution in [0.25, 0.3) is 22.6 Å². The molecule has 3 heterocycles. The highest BCUT2D eigenvalue weighted by molar-refractivity contribution is 7.91. The molecular weight excluding hydrogens is 482 g/mol. The zero-order valence-electron chi connectivity index (χ0n) is 16.7. The van der Waals surface area contributed by atoms with Gasteiger partial charge in [0.2, 0.25) is 0 Å². The summed E-state index contributed by atoms with van der Waals surface area (Å²) in [5, 5.41) is 1.45. The number of hydrogen-bond acceptors (Lipinski definition) is 7. The minimum Gasteiger partial charge on any atom is -0.382 e. The van der Waals surface area contributed by atoms with Crippen molar-refractivity contribution < 1.29 is 39.6 Å². The predicted molar refractivity (Wildman–Crippen MR) is 104 cm³/mol. The van der Waals surface area contributed by atoms with Crippen molar-refractivity contribution in [1.82, 2.24) is 19.5 Å². The zero-order valence-corrected chi connectivity index (χ0v) is 17.5. The number of nitrogens with two attached hydrogens (primary N) is 1. The van der Waals surface area contributed by atoms with Gasteiger partial charge in [0.05, 0.1) is 33.6 Å². The Hall–Kier alpha value is -3.43. The van der Waals surface area contributed by atoms with Crippen LogP contribution < -0.4 is 11.1 Å². The Morgan fingerprint density at radius 2 is 1.79 bits per heavy atom. The van der Waals surface area contributed by atoms with Crippen LogP contribution in [0.5, 0.6) is 0 Å². The van der Waals surface area contributed by atoms with Crippen LogP contribution in [0.15, 0.2) is 23.2 Å². The van der Waals surface area contributed by atoms with Gasteiger partial charge >= 0.3 is 18.3 Å². The monoisotopic (exact) mass is 496 g/mol. The summed E-state index contributed by atoms with van der Waals surface area (Å²) in [4.78, 5) is 21.8. The van der Waals surface area contributed by atoms with Gasteiger partial charge in [-0.1, -0.05) is 6.92 Å². The highest BCUT2D eigenvalue weighted by Gasteiger charge is 2.39. The number of anilines is 2. The quantitative estimate of drug-likeness (QED) is 0.531. The van der Waals surface area contributed by atoms with Crippen LogP contribution in [0.1, 0.15) is 12.6 Å². The third-order valence-corrected chi connectivity index (χ3v) is 6.25. The largest absolute Gasteiger partial charge is 0.471 e. The smallest absolute Gasteiger partial charge is 0.382 e. The molecule has 0 radical (unpaired) electrons. The van der Waals surface area contributed by atoms with Crippen LogP contribution in [-0.2, 0) is 27.9 Å². The number of aryl methyl sites for hydroxylation is 1. The van der Waals surface area contributed by atoms with Gasteiger partial charge in [0.25, 0.3) is 0 Å². The summed E-state index contributed by atoms with van der Waals surface area (Å²) in [7, 11) is -2.83. The van der Waals surface area contributed by atoms with Gasteiger partial charge < -0.3 is 15.6 Å². The molecule has 33 heavy (non-hydrogen) atoms. The number of imidazole rings is 1. The molecule has 178 valence electrons. The van der Waals surface area contributed by atoms with E-state index in [2.05, 4.69) is 15.0 Å². The molecule has 0 unspecified atom stereocenters. The van der Waals surface area contributed by atoms with Crippen molar-refractivity contribution >= 4 is 38.3 Å². The predicted octanol–water partition coefficient (Wildman–Crippen LogP) is 2.93. The maximum atomic E-state index is 13.0. The Balaban J connectivity index is 2.26. The number of fused-ring (bicyclic) bond motifs is 1. The van der Waals surface area contributed by atoms with Crippen molar-refractivity contribution in [3.05, 3.63) is 24.0 Å². The number of nitrogens with zero attached hydrogens (tertiary/aromatic N) is 4. The highest BCUT2D eigenvalue weighted by atomic mass is 32.2. The van der Waals surface area contributed by atoms with Crippen LogP contribution in [0.3, 0.4) is 0 Å². The average molecular weight is 496 g/mol. The lowest BCUT2D eigenvalue weighted by Crippen LogP contribution is -2.30. The van der Waals surface area contributed by atoms with Gasteiger partial charge in [-0.05, 0) is 12.1 Å². The summed E-state index contributed by atoms with van der Waals surface area (Å²) < 4.78 is 103. The molecule has 16 heteroatoms. The standard InChI is InChI=1S/C17H14F6N6O3S/c1-3-33(31,32)10-4-8(27-15(30)17(21,22)23)13(24)28-12(10)14-26-7-5-11(16(18,19)20)25-6-9(7)29(14)2/h4-6H,3H2,1-2H3,(H2,24,28)(H,27,30). The van der Waals surface area contributed by atoms with Gasteiger partial charge in [0, 0.05) is 7.05 Å². The second-order valence-electron chi connectivity index (χ2n) is 6.67.